The summed E-state index contributed by atoms with van der Waals surface area (Å²) in [5, 5.41) is 13.5. The molecule has 2 aromatic heterocycles. The summed E-state index contributed by atoms with van der Waals surface area (Å²) < 4.78 is 10.7. The van der Waals surface area contributed by atoms with Crippen molar-refractivity contribution in [2.75, 3.05) is 12.0 Å². The maximum atomic E-state index is 12.3. The first-order valence-electron chi connectivity index (χ1n) is 10.9. The average molecular weight is 480 g/mol. The van der Waals surface area contributed by atoms with Crippen LogP contribution in [0.15, 0.2) is 82.8 Å². The van der Waals surface area contributed by atoms with Crippen molar-refractivity contribution in [3.8, 4) is 29.0 Å². The minimum absolute atomic E-state index is 0.0754. The lowest BCUT2D eigenvalue weighted by atomic mass is 10.1. The molecule has 0 radical (unpaired) electrons. The van der Waals surface area contributed by atoms with Gasteiger partial charge < -0.3 is 9.47 Å². The molecule has 0 spiro atoms. The third kappa shape index (κ3) is 5.78. The summed E-state index contributed by atoms with van der Waals surface area (Å²) in [6, 6.07) is 20.9. The highest BCUT2D eigenvalue weighted by Gasteiger charge is 2.13. The molecular formula is C26H20N6O4. The van der Waals surface area contributed by atoms with Crippen LogP contribution >= 0.6 is 0 Å². The summed E-state index contributed by atoms with van der Waals surface area (Å²) in [4.78, 5) is 35.1. The number of carbonyl (C=O) groups excluding carboxylic acids is 1. The largest absolute Gasteiger partial charge is 0.462 e. The van der Waals surface area contributed by atoms with Crippen LogP contribution in [-0.4, -0.2) is 33.7 Å². The van der Waals surface area contributed by atoms with Crippen molar-refractivity contribution < 1.29 is 14.3 Å². The van der Waals surface area contributed by atoms with Gasteiger partial charge in [-0.15, -0.1) is 0 Å². The van der Waals surface area contributed by atoms with E-state index in [1.165, 1.54) is 18.5 Å². The van der Waals surface area contributed by atoms with Crippen molar-refractivity contribution in [2.45, 2.75) is 6.92 Å². The number of anilines is 1. The Morgan fingerprint density at radius 1 is 1.17 bits per heavy atom. The van der Waals surface area contributed by atoms with Gasteiger partial charge in [-0.1, -0.05) is 30.3 Å². The predicted molar refractivity (Wildman–Crippen MR) is 133 cm³/mol. The number of esters is 1. The smallest absolute Gasteiger partial charge is 0.338 e. The summed E-state index contributed by atoms with van der Waals surface area (Å²) in [7, 11) is 0. The molecule has 0 amide bonds. The lowest BCUT2D eigenvalue weighted by Crippen LogP contribution is -2.16. The van der Waals surface area contributed by atoms with Gasteiger partial charge in [0.1, 0.15) is 17.4 Å². The van der Waals surface area contributed by atoms with E-state index in [4.69, 9.17) is 9.47 Å². The molecule has 4 aromatic rings. The number of hydrazone groups is 1. The molecule has 0 aliphatic rings. The lowest BCUT2D eigenvalue weighted by Gasteiger charge is -2.07. The number of rotatable bonds is 8. The van der Waals surface area contributed by atoms with E-state index in [0.717, 1.165) is 5.56 Å². The third-order valence-corrected chi connectivity index (χ3v) is 4.81. The van der Waals surface area contributed by atoms with Crippen molar-refractivity contribution in [1.82, 2.24) is 15.0 Å². The summed E-state index contributed by atoms with van der Waals surface area (Å²) >= 11 is 0. The number of H-pyrrole nitrogens is 1. The molecule has 10 nitrogen and oxygen atoms in total. The van der Waals surface area contributed by atoms with E-state index in [1.807, 2.05) is 12.1 Å². The SMILES string of the molecule is CCOC(=O)c1ccnc(Oc2ccc(C=NNc3nc(-c4ccccc4)c(C#N)c(=O)[nH]3)cc2)c1. The molecule has 2 N–H and O–H groups in total. The second kappa shape index (κ2) is 11.2. The van der Waals surface area contributed by atoms with Gasteiger partial charge in [0.05, 0.1) is 24.1 Å². The molecule has 2 heterocycles. The summed E-state index contributed by atoms with van der Waals surface area (Å²) in [6.07, 6.45) is 3.00. The molecule has 0 fully saturated rings. The highest BCUT2D eigenvalue weighted by Crippen LogP contribution is 2.21. The van der Waals surface area contributed by atoms with Crippen LogP contribution in [0.3, 0.4) is 0 Å². The molecule has 4 rings (SSSR count). The average Bonchev–Trinajstić information content (AvgIpc) is 2.90. The quantitative estimate of drug-likeness (QED) is 0.218. The van der Waals surface area contributed by atoms with E-state index < -0.39 is 11.5 Å². The number of aromatic amines is 1. The van der Waals surface area contributed by atoms with E-state index >= 15 is 0 Å². The number of pyridine rings is 1. The van der Waals surface area contributed by atoms with E-state index in [2.05, 4.69) is 25.5 Å². The first-order valence-corrected chi connectivity index (χ1v) is 10.9. The normalized spacial score (nSPS) is 10.6. The highest BCUT2D eigenvalue weighted by atomic mass is 16.5. The maximum Gasteiger partial charge on any atom is 0.338 e. The van der Waals surface area contributed by atoms with Crippen LogP contribution in [0, 0.1) is 11.3 Å². The van der Waals surface area contributed by atoms with Crippen LogP contribution in [0.2, 0.25) is 0 Å². The molecule has 10 heteroatoms. The van der Waals surface area contributed by atoms with Gasteiger partial charge in [-0.05, 0) is 42.8 Å². The molecule has 36 heavy (non-hydrogen) atoms. The summed E-state index contributed by atoms with van der Waals surface area (Å²) in [6.45, 7) is 2.01. The number of nitriles is 1. The number of hydrogen-bond donors (Lipinski definition) is 2. The summed E-state index contributed by atoms with van der Waals surface area (Å²) in [5.74, 6) is 0.423. The van der Waals surface area contributed by atoms with Crippen LogP contribution in [0.25, 0.3) is 11.3 Å². The number of aromatic nitrogens is 3. The molecule has 0 bridgehead atoms. The van der Waals surface area contributed by atoms with E-state index in [1.54, 1.807) is 61.5 Å². The zero-order valence-electron chi connectivity index (χ0n) is 19.1. The number of ether oxygens (including phenoxy) is 2. The van der Waals surface area contributed by atoms with Gasteiger partial charge in [-0.2, -0.15) is 10.4 Å². The summed E-state index contributed by atoms with van der Waals surface area (Å²) in [5.41, 5.74) is 4.04. The van der Waals surface area contributed by atoms with Crippen LogP contribution in [-0.2, 0) is 4.74 Å². The molecule has 0 unspecified atom stereocenters. The fraction of sp³-hybridized carbons (Fsp3) is 0.0769. The number of carbonyl (C=O) groups is 1. The Labute approximate surface area is 205 Å². The lowest BCUT2D eigenvalue weighted by molar-refractivity contribution is 0.0525. The fourth-order valence-corrected chi connectivity index (χ4v) is 3.15. The minimum atomic E-state index is -0.564. The highest BCUT2D eigenvalue weighted by molar-refractivity contribution is 5.89. The Hall–Kier alpha value is -5.30. The third-order valence-electron chi connectivity index (χ3n) is 4.81. The van der Waals surface area contributed by atoms with Gasteiger partial charge in [0, 0.05) is 17.8 Å². The van der Waals surface area contributed by atoms with Crippen LogP contribution in [0.1, 0.15) is 28.4 Å². The Kier molecular flexibility index (Phi) is 7.43. The van der Waals surface area contributed by atoms with E-state index in [0.29, 0.717) is 16.9 Å². The molecule has 2 aromatic carbocycles. The Morgan fingerprint density at radius 3 is 2.67 bits per heavy atom. The van der Waals surface area contributed by atoms with Gasteiger partial charge in [0.25, 0.3) is 5.56 Å². The van der Waals surface area contributed by atoms with Crippen LogP contribution in [0.4, 0.5) is 5.95 Å². The zero-order valence-corrected chi connectivity index (χ0v) is 19.1. The molecule has 0 aliphatic heterocycles. The van der Waals surface area contributed by atoms with Gasteiger partial charge in [-0.3, -0.25) is 9.78 Å². The molecule has 0 saturated heterocycles. The molecule has 0 atom stereocenters. The van der Waals surface area contributed by atoms with Gasteiger partial charge in [-0.25, -0.2) is 20.2 Å². The Morgan fingerprint density at radius 2 is 1.94 bits per heavy atom. The first kappa shape index (κ1) is 23.8. The number of nitrogens with one attached hydrogen (secondary N) is 2. The number of benzene rings is 2. The minimum Gasteiger partial charge on any atom is -0.462 e. The van der Waals surface area contributed by atoms with Crippen molar-refractivity contribution in [3.05, 3.63) is 100.0 Å². The van der Waals surface area contributed by atoms with Crippen molar-refractivity contribution in [3.63, 3.8) is 0 Å². The topological polar surface area (TPSA) is 142 Å². The molecule has 0 saturated carbocycles. The molecular weight excluding hydrogens is 460 g/mol. The van der Waals surface area contributed by atoms with E-state index in [9.17, 15) is 14.9 Å². The molecule has 178 valence electrons. The molecule has 0 aliphatic carbocycles. The van der Waals surface area contributed by atoms with Crippen LogP contribution < -0.4 is 15.7 Å². The standard InChI is InChI=1S/C26H20N6O4/c1-2-35-25(34)19-12-13-28-22(14-19)36-20-10-8-17(9-11-20)16-29-32-26-30-23(18-6-4-3-5-7-18)21(15-27)24(33)31-26/h3-14,16H,2H2,1H3,(H2,30,31,32,33). The number of nitrogens with zero attached hydrogens (tertiary/aromatic N) is 4. The van der Waals surface area contributed by atoms with Gasteiger partial charge in [0.2, 0.25) is 11.8 Å². The monoisotopic (exact) mass is 480 g/mol. The maximum absolute atomic E-state index is 12.3. The van der Waals surface area contributed by atoms with Crippen LogP contribution in [0.5, 0.6) is 11.6 Å². The number of hydrogen-bond acceptors (Lipinski definition) is 9. The van der Waals surface area contributed by atoms with Gasteiger partial charge in [0.15, 0.2) is 0 Å². The zero-order chi connectivity index (χ0) is 25.3. The predicted octanol–water partition coefficient (Wildman–Crippen LogP) is 4.12. The Bertz CT molecular complexity index is 1490. The van der Waals surface area contributed by atoms with E-state index in [-0.39, 0.29) is 29.7 Å². The fourth-order valence-electron chi connectivity index (χ4n) is 3.15. The van der Waals surface area contributed by atoms with Crippen molar-refractivity contribution >= 4 is 18.1 Å². The second-order valence-electron chi connectivity index (χ2n) is 7.26. The van der Waals surface area contributed by atoms with Crippen molar-refractivity contribution in [2.24, 2.45) is 5.10 Å². The Balaban J connectivity index is 1.44. The van der Waals surface area contributed by atoms with Gasteiger partial charge >= 0.3 is 5.97 Å². The van der Waals surface area contributed by atoms with Crippen molar-refractivity contribution in [1.29, 1.82) is 5.26 Å². The second-order valence-corrected chi connectivity index (χ2v) is 7.26. The first-order chi connectivity index (χ1) is 17.6.